The standard InChI is InChI=1S/C24H30N4O2/c1-29-23-5-2-4-22(16-23)24(8-15-30-19-24)18-28(17-21-6-9-25-10-7-21)13-3-12-27-14-11-26-20-27/h2,4-7,9-11,14,16,20H,3,8,12-13,15,17-19H2,1H3/t24-/m1/s1. The van der Waals surface area contributed by atoms with E-state index in [0.29, 0.717) is 0 Å². The van der Waals surface area contributed by atoms with Gasteiger partial charge in [-0.1, -0.05) is 12.1 Å². The molecule has 0 bridgehead atoms. The van der Waals surface area contributed by atoms with Crippen LogP contribution in [0.4, 0.5) is 0 Å². The lowest BCUT2D eigenvalue weighted by atomic mass is 9.79. The van der Waals surface area contributed by atoms with Gasteiger partial charge in [0.15, 0.2) is 0 Å². The van der Waals surface area contributed by atoms with Crippen LogP contribution >= 0.6 is 0 Å². The number of ether oxygens (including phenoxy) is 2. The summed E-state index contributed by atoms with van der Waals surface area (Å²) in [6, 6.07) is 12.7. The summed E-state index contributed by atoms with van der Waals surface area (Å²) in [5.41, 5.74) is 2.57. The summed E-state index contributed by atoms with van der Waals surface area (Å²) in [5.74, 6) is 0.902. The predicted octanol–water partition coefficient (Wildman–Crippen LogP) is 3.54. The first-order chi connectivity index (χ1) is 14.8. The molecule has 4 rings (SSSR count). The number of benzene rings is 1. The average molecular weight is 407 g/mol. The molecule has 0 saturated carbocycles. The van der Waals surface area contributed by atoms with Crippen molar-refractivity contribution in [1.82, 2.24) is 19.4 Å². The van der Waals surface area contributed by atoms with E-state index in [0.717, 1.165) is 58.0 Å². The Hall–Kier alpha value is -2.70. The van der Waals surface area contributed by atoms with E-state index in [1.54, 1.807) is 7.11 Å². The fourth-order valence-corrected chi connectivity index (χ4v) is 4.29. The zero-order valence-corrected chi connectivity index (χ0v) is 17.6. The van der Waals surface area contributed by atoms with E-state index in [9.17, 15) is 0 Å². The van der Waals surface area contributed by atoms with Crippen LogP contribution in [0, 0.1) is 0 Å². The molecule has 0 radical (unpaired) electrons. The van der Waals surface area contributed by atoms with Gasteiger partial charge in [-0.25, -0.2) is 4.98 Å². The molecular weight excluding hydrogens is 376 g/mol. The minimum Gasteiger partial charge on any atom is -0.497 e. The molecule has 1 aliphatic rings. The number of rotatable bonds is 10. The zero-order valence-electron chi connectivity index (χ0n) is 17.6. The van der Waals surface area contributed by atoms with Crippen LogP contribution in [0.1, 0.15) is 24.0 Å². The van der Waals surface area contributed by atoms with Crippen molar-refractivity contribution in [3.63, 3.8) is 0 Å². The van der Waals surface area contributed by atoms with Crippen LogP contribution in [0.3, 0.4) is 0 Å². The lowest BCUT2D eigenvalue weighted by molar-refractivity contribution is 0.145. The molecule has 3 aromatic rings. The Morgan fingerprint density at radius 2 is 2.07 bits per heavy atom. The van der Waals surface area contributed by atoms with E-state index < -0.39 is 0 Å². The van der Waals surface area contributed by atoms with Gasteiger partial charge in [0.1, 0.15) is 5.75 Å². The predicted molar refractivity (Wildman–Crippen MR) is 116 cm³/mol. The second kappa shape index (κ2) is 9.87. The van der Waals surface area contributed by atoms with Crippen LogP contribution < -0.4 is 4.74 Å². The molecule has 1 aliphatic heterocycles. The molecule has 6 nitrogen and oxygen atoms in total. The van der Waals surface area contributed by atoms with Crippen molar-refractivity contribution in [3.8, 4) is 5.75 Å². The fourth-order valence-electron chi connectivity index (χ4n) is 4.29. The van der Waals surface area contributed by atoms with Gasteiger partial charge in [0.25, 0.3) is 0 Å². The summed E-state index contributed by atoms with van der Waals surface area (Å²) in [6.07, 6.45) is 11.6. The monoisotopic (exact) mass is 406 g/mol. The number of aryl methyl sites for hydroxylation is 1. The normalized spacial score (nSPS) is 18.7. The molecule has 158 valence electrons. The van der Waals surface area contributed by atoms with Gasteiger partial charge in [-0.3, -0.25) is 9.88 Å². The maximum atomic E-state index is 5.91. The van der Waals surface area contributed by atoms with Gasteiger partial charge in [-0.05, 0) is 48.2 Å². The Kier molecular flexibility index (Phi) is 6.77. The molecule has 6 heteroatoms. The smallest absolute Gasteiger partial charge is 0.119 e. The van der Waals surface area contributed by atoms with Crippen LogP contribution in [0.25, 0.3) is 0 Å². The third-order valence-electron chi connectivity index (χ3n) is 5.92. The van der Waals surface area contributed by atoms with Gasteiger partial charge in [-0.15, -0.1) is 0 Å². The number of nitrogens with zero attached hydrogens (tertiary/aromatic N) is 4. The SMILES string of the molecule is COc1cccc([C@@]2(CN(CCCn3ccnc3)Cc3ccncc3)CCOC2)c1. The topological polar surface area (TPSA) is 52.4 Å². The van der Waals surface area contributed by atoms with E-state index >= 15 is 0 Å². The summed E-state index contributed by atoms with van der Waals surface area (Å²) < 4.78 is 13.5. The molecule has 0 aliphatic carbocycles. The zero-order chi connectivity index (χ0) is 20.7. The van der Waals surface area contributed by atoms with Crippen molar-refractivity contribution in [2.24, 2.45) is 0 Å². The van der Waals surface area contributed by atoms with Crippen molar-refractivity contribution < 1.29 is 9.47 Å². The second-order valence-corrected chi connectivity index (χ2v) is 8.04. The van der Waals surface area contributed by atoms with Crippen LogP contribution in [0.15, 0.2) is 67.5 Å². The quantitative estimate of drug-likeness (QED) is 0.516. The van der Waals surface area contributed by atoms with Gasteiger partial charge in [0, 0.05) is 63.0 Å². The first-order valence-corrected chi connectivity index (χ1v) is 10.6. The first-order valence-electron chi connectivity index (χ1n) is 10.6. The number of hydrogen-bond donors (Lipinski definition) is 0. The van der Waals surface area contributed by atoms with Gasteiger partial charge in [-0.2, -0.15) is 0 Å². The summed E-state index contributed by atoms with van der Waals surface area (Å²) in [5, 5.41) is 0. The maximum absolute atomic E-state index is 5.91. The largest absolute Gasteiger partial charge is 0.497 e. The van der Waals surface area contributed by atoms with E-state index in [4.69, 9.17) is 9.47 Å². The summed E-state index contributed by atoms with van der Waals surface area (Å²) in [6.45, 7) is 5.37. The van der Waals surface area contributed by atoms with Gasteiger partial charge < -0.3 is 14.0 Å². The van der Waals surface area contributed by atoms with E-state index in [2.05, 4.69) is 49.8 Å². The highest BCUT2D eigenvalue weighted by Crippen LogP contribution is 2.36. The van der Waals surface area contributed by atoms with Gasteiger partial charge in [0.05, 0.1) is 20.0 Å². The van der Waals surface area contributed by atoms with Crippen LogP contribution in [0.5, 0.6) is 5.75 Å². The van der Waals surface area contributed by atoms with E-state index in [-0.39, 0.29) is 5.41 Å². The summed E-state index contributed by atoms with van der Waals surface area (Å²) >= 11 is 0. The minimum atomic E-state index is -0.0173. The average Bonchev–Trinajstić information content (AvgIpc) is 3.47. The lowest BCUT2D eigenvalue weighted by Crippen LogP contribution is -2.42. The second-order valence-electron chi connectivity index (χ2n) is 8.04. The Labute approximate surface area is 178 Å². The highest BCUT2D eigenvalue weighted by atomic mass is 16.5. The van der Waals surface area contributed by atoms with E-state index in [1.165, 1.54) is 11.1 Å². The molecule has 0 spiro atoms. The van der Waals surface area contributed by atoms with Crippen LogP contribution in [-0.2, 0) is 23.2 Å². The molecular formula is C24H30N4O2. The van der Waals surface area contributed by atoms with Crippen molar-refractivity contribution in [2.75, 3.05) is 33.4 Å². The number of pyridine rings is 1. The molecule has 0 unspecified atom stereocenters. The highest BCUT2D eigenvalue weighted by Gasteiger charge is 2.38. The third kappa shape index (κ3) is 5.07. The van der Waals surface area contributed by atoms with Crippen molar-refractivity contribution >= 4 is 0 Å². The third-order valence-corrected chi connectivity index (χ3v) is 5.92. The Morgan fingerprint density at radius 1 is 1.17 bits per heavy atom. The molecule has 1 fully saturated rings. The molecule has 2 aromatic heterocycles. The minimum absolute atomic E-state index is 0.0173. The molecule has 1 aromatic carbocycles. The molecule has 1 saturated heterocycles. The number of methoxy groups -OCH3 is 1. The van der Waals surface area contributed by atoms with Gasteiger partial charge in [0.2, 0.25) is 0 Å². The number of hydrogen-bond acceptors (Lipinski definition) is 5. The summed E-state index contributed by atoms with van der Waals surface area (Å²) in [7, 11) is 1.72. The molecule has 30 heavy (non-hydrogen) atoms. The van der Waals surface area contributed by atoms with Crippen molar-refractivity contribution in [3.05, 3.63) is 78.6 Å². The molecule has 0 N–H and O–H groups in total. The highest BCUT2D eigenvalue weighted by molar-refractivity contribution is 5.35. The fraction of sp³-hybridized carbons (Fsp3) is 0.417. The van der Waals surface area contributed by atoms with Crippen molar-refractivity contribution in [2.45, 2.75) is 31.3 Å². The lowest BCUT2D eigenvalue weighted by Gasteiger charge is -2.35. The number of aromatic nitrogens is 3. The maximum Gasteiger partial charge on any atom is 0.119 e. The Balaban J connectivity index is 1.52. The summed E-state index contributed by atoms with van der Waals surface area (Å²) in [4.78, 5) is 10.9. The molecule has 0 amide bonds. The number of imidazole rings is 1. The Morgan fingerprint density at radius 3 is 2.80 bits per heavy atom. The van der Waals surface area contributed by atoms with E-state index in [1.807, 2.05) is 37.2 Å². The van der Waals surface area contributed by atoms with Gasteiger partial charge >= 0.3 is 0 Å². The molecule has 1 atom stereocenters. The van der Waals surface area contributed by atoms with Crippen LogP contribution in [-0.4, -0.2) is 52.8 Å². The van der Waals surface area contributed by atoms with Crippen LogP contribution in [0.2, 0.25) is 0 Å². The molecule has 3 heterocycles. The Bertz CT molecular complexity index is 893. The first kappa shape index (κ1) is 20.6. The van der Waals surface area contributed by atoms with Crippen molar-refractivity contribution in [1.29, 1.82) is 0 Å².